The molecule has 1 unspecified atom stereocenters. The van der Waals surface area contributed by atoms with Crippen LogP contribution in [0.2, 0.25) is 0 Å². The molecule has 1 rings (SSSR count). The van der Waals surface area contributed by atoms with Crippen LogP contribution in [-0.4, -0.2) is 29.1 Å². The van der Waals surface area contributed by atoms with Gasteiger partial charge in [0, 0.05) is 10.9 Å². The molecule has 3 nitrogen and oxygen atoms in total. The summed E-state index contributed by atoms with van der Waals surface area (Å²) in [6.07, 6.45) is 6.13. The van der Waals surface area contributed by atoms with Crippen molar-refractivity contribution >= 4 is 17.3 Å². The fourth-order valence-electron chi connectivity index (χ4n) is 1.69. The Morgan fingerprint density at radius 3 is 2.94 bits per heavy atom. The summed E-state index contributed by atoms with van der Waals surface area (Å²) < 4.78 is 0. The van der Waals surface area contributed by atoms with Crippen LogP contribution in [0.1, 0.15) is 24.3 Å². The molecule has 0 amide bonds. The molecule has 0 fully saturated rings. The largest absolute Gasteiger partial charge is 0.480 e. The summed E-state index contributed by atoms with van der Waals surface area (Å²) in [4.78, 5) is 13.7. The van der Waals surface area contributed by atoms with Crippen molar-refractivity contribution in [3.63, 3.8) is 0 Å². The summed E-state index contributed by atoms with van der Waals surface area (Å²) in [5, 5.41) is 10.8. The van der Waals surface area contributed by atoms with Crippen molar-refractivity contribution in [2.45, 2.75) is 19.4 Å². The maximum atomic E-state index is 10.8. The molecule has 16 heavy (non-hydrogen) atoms. The molecular weight excluding hydrogens is 222 g/mol. The third-order valence-electron chi connectivity index (χ3n) is 2.33. The number of carbonyl (C=O) groups is 1. The van der Waals surface area contributed by atoms with Gasteiger partial charge in [-0.2, -0.15) is 0 Å². The molecule has 0 saturated carbocycles. The number of hydrogen-bond acceptors (Lipinski definition) is 3. The summed E-state index contributed by atoms with van der Waals surface area (Å²) in [7, 11) is 0. The summed E-state index contributed by atoms with van der Waals surface area (Å²) >= 11 is 1.63. The lowest BCUT2D eigenvalue weighted by molar-refractivity contribution is -0.138. The molecule has 1 aromatic heterocycles. The number of rotatable bonds is 6. The first-order chi connectivity index (χ1) is 7.69. The molecule has 1 heterocycles. The fraction of sp³-hybridized carbons (Fsp3) is 0.417. The Labute approximate surface area is 99.7 Å². The quantitative estimate of drug-likeness (QED) is 0.771. The minimum Gasteiger partial charge on any atom is -0.480 e. The number of nitrogens with zero attached hydrogens (tertiary/aromatic N) is 1. The first-order valence-electron chi connectivity index (χ1n) is 5.11. The highest BCUT2D eigenvalue weighted by atomic mass is 32.1. The van der Waals surface area contributed by atoms with Crippen LogP contribution in [0.3, 0.4) is 0 Å². The minimum atomic E-state index is -0.842. The molecule has 0 aromatic carbocycles. The van der Waals surface area contributed by atoms with Gasteiger partial charge in [0.15, 0.2) is 0 Å². The van der Waals surface area contributed by atoms with E-state index in [-0.39, 0.29) is 12.6 Å². The minimum absolute atomic E-state index is 0.0133. The zero-order valence-electron chi connectivity index (χ0n) is 9.22. The van der Waals surface area contributed by atoms with E-state index >= 15 is 0 Å². The van der Waals surface area contributed by atoms with Gasteiger partial charge in [-0.1, -0.05) is 18.9 Å². The van der Waals surface area contributed by atoms with Crippen LogP contribution in [-0.2, 0) is 4.79 Å². The van der Waals surface area contributed by atoms with E-state index in [1.54, 1.807) is 11.3 Å². The predicted octanol–water partition coefficient (Wildman–Crippen LogP) is 2.22. The van der Waals surface area contributed by atoms with Gasteiger partial charge >= 0.3 is 5.97 Å². The normalized spacial score (nSPS) is 12.3. The van der Waals surface area contributed by atoms with Gasteiger partial charge in [0.25, 0.3) is 0 Å². The molecule has 1 atom stereocenters. The van der Waals surface area contributed by atoms with Crippen LogP contribution in [0.4, 0.5) is 0 Å². The molecule has 0 saturated heterocycles. The van der Waals surface area contributed by atoms with Gasteiger partial charge in [-0.25, -0.2) is 0 Å². The van der Waals surface area contributed by atoms with Crippen LogP contribution < -0.4 is 0 Å². The van der Waals surface area contributed by atoms with E-state index in [2.05, 4.69) is 5.92 Å². The van der Waals surface area contributed by atoms with Crippen molar-refractivity contribution in [3.8, 4) is 12.3 Å². The Hall–Kier alpha value is -1.31. The van der Waals surface area contributed by atoms with Gasteiger partial charge in [-0.3, -0.25) is 9.69 Å². The molecule has 0 aliphatic carbocycles. The van der Waals surface area contributed by atoms with E-state index in [1.165, 1.54) is 4.88 Å². The molecule has 0 aliphatic heterocycles. The zero-order chi connectivity index (χ0) is 12.0. The van der Waals surface area contributed by atoms with Crippen molar-refractivity contribution in [3.05, 3.63) is 22.4 Å². The molecule has 1 aromatic rings. The highest BCUT2D eigenvalue weighted by molar-refractivity contribution is 7.10. The van der Waals surface area contributed by atoms with Crippen molar-refractivity contribution in [1.82, 2.24) is 4.90 Å². The third-order valence-corrected chi connectivity index (χ3v) is 3.31. The average Bonchev–Trinajstić information content (AvgIpc) is 2.71. The standard InChI is InChI=1S/C12H15NO2S/c1-3-7-13(9-12(14)15)10(4-2)11-6-5-8-16-11/h1,5-6,8,10H,4,7,9H2,2H3,(H,14,15). The number of carboxylic acids is 1. The van der Waals surface area contributed by atoms with Crippen molar-refractivity contribution < 1.29 is 9.90 Å². The van der Waals surface area contributed by atoms with Gasteiger partial charge < -0.3 is 5.11 Å². The lowest BCUT2D eigenvalue weighted by atomic mass is 10.1. The summed E-state index contributed by atoms with van der Waals surface area (Å²) in [6.45, 7) is 2.39. The number of terminal acetylenes is 1. The van der Waals surface area contributed by atoms with Gasteiger partial charge in [0.05, 0.1) is 13.1 Å². The highest BCUT2D eigenvalue weighted by Crippen LogP contribution is 2.27. The van der Waals surface area contributed by atoms with E-state index < -0.39 is 5.97 Å². The SMILES string of the molecule is C#CCN(CC(=O)O)C(CC)c1cccs1. The fourth-order valence-corrected chi connectivity index (χ4v) is 2.63. The van der Waals surface area contributed by atoms with Gasteiger partial charge in [-0.15, -0.1) is 17.8 Å². The van der Waals surface area contributed by atoms with Gasteiger partial charge in [0.1, 0.15) is 0 Å². The summed E-state index contributed by atoms with van der Waals surface area (Å²) in [5.74, 6) is 1.67. The van der Waals surface area contributed by atoms with E-state index in [1.807, 2.05) is 29.3 Å². The number of aliphatic carboxylic acids is 1. The first kappa shape index (κ1) is 12.8. The highest BCUT2D eigenvalue weighted by Gasteiger charge is 2.20. The zero-order valence-corrected chi connectivity index (χ0v) is 10.0. The molecule has 0 radical (unpaired) electrons. The molecule has 0 spiro atoms. The molecular formula is C12H15NO2S. The second-order valence-corrected chi connectivity index (χ2v) is 4.42. The van der Waals surface area contributed by atoms with Crippen molar-refractivity contribution in [2.24, 2.45) is 0 Å². The van der Waals surface area contributed by atoms with E-state index in [4.69, 9.17) is 11.5 Å². The molecule has 0 bridgehead atoms. The van der Waals surface area contributed by atoms with Gasteiger partial charge in [-0.05, 0) is 17.9 Å². The topological polar surface area (TPSA) is 40.5 Å². The number of carboxylic acid groups (broad SMARTS) is 1. The summed E-state index contributed by atoms with van der Waals surface area (Å²) in [5.41, 5.74) is 0. The third kappa shape index (κ3) is 3.37. The van der Waals surface area contributed by atoms with Crippen LogP contribution in [0.15, 0.2) is 17.5 Å². The first-order valence-corrected chi connectivity index (χ1v) is 5.99. The molecule has 86 valence electrons. The van der Waals surface area contributed by atoms with Crippen molar-refractivity contribution in [1.29, 1.82) is 0 Å². The molecule has 4 heteroatoms. The van der Waals surface area contributed by atoms with Crippen LogP contribution in [0, 0.1) is 12.3 Å². The van der Waals surface area contributed by atoms with Crippen LogP contribution in [0.5, 0.6) is 0 Å². The second-order valence-electron chi connectivity index (χ2n) is 3.44. The Bertz CT molecular complexity index is 367. The Kier molecular flexibility index (Phi) is 5.03. The number of thiophene rings is 1. The smallest absolute Gasteiger partial charge is 0.317 e. The van der Waals surface area contributed by atoms with Crippen LogP contribution in [0.25, 0.3) is 0 Å². The lowest BCUT2D eigenvalue weighted by Gasteiger charge is -2.26. The number of hydrogen-bond donors (Lipinski definition) is 1. The van der Waals surface area contributed by atoms with Crippen molar-refractivity contribution in [2.75, 3.05) is 13.1 Å². The Balaban J connectivity index is 2.82. The van der Waals surface area contributed by atoms with E-state index in [0.29, 0.717) is 6.54 Å². The van der Waals surface area contributed by atoms with E-state index in [0.717, 1.165) is 6.42 Å². The second kappa shape index (κ2) is 6.31. The Morgan fingerprint density at radius 2 is 2.50 bits per heavy atom. The maximum absolute atomic E-state index is 10.8. The van der Waals surface area contributed by atoms with E-state index in [9.17, 15) is 4.79 Å². The monoisotopic (exact) mass is 237 g/mol. The predicted molar refractivity (Wildman–Crippen MR) is 65.4 cm³/mol. The lowest BCUT2D eigenvalue weighted by Crippen LogP contribution is -2.33. The molecule has 0 aliphatic rings. The van der Waals surface area contributed by atoms with Crippen LogP contribution >= 0.6 is 11.3 Å². The van der Waals surface area contributed by atoms with Gasteiger partial charge in [0.2, 0.25) is 0 Å². The maximum Gasteiger partial charge on any atom is 0.317 e. The molecule has 1 N–H and O–H groups in total. The average molecular weight is 237 g/mol. The summed E-state index contributed by atoms with van der Waals surface area (Å²) in [6, 6.07) is 4.09. The Morgan fingerprint density at radius 1 is 1.75 bits per heavy atom.